The molecule has 5 nitrogen and oxygen atoms in total. The zero-order valence-electron chi connectivity index (χ0n) is 17.2. The molecule has 0 atom stereocenters. The van der Waals surface area contributed by atoms with Crippen molar-refractivity contribution in [2.24, 2.45) is 0 Å². The Kier molecular flexibility index (Phi) is 5.97. The Morgan fingerprint density at radius 3 is 2.24 bits per heavy atom. The fourth-order valence-electron chi connectivity index (χ4n) is 3.24. The highest BCUT2D eigenvalue weighted by Crippen LogP contribution is 2.34. The van der Waals surface area contributed by atoms with Crippen LogP contribution in [0.25, 0.3) is 10.8 Å². The average Bonchev–Trinajstić information content (AvgIpc) is 2.69. The van der Waals surface area contributed by atoms with Gasteiger partial charge < -0.3 is 19.3 Å². The molecule has 0 heterocycles. The van der Waals surface area contributed by atoms with Crippen LogP contribution in [-0.4, -0.2) is 31.4 Å². The minimum Gasteiger partial charge on any atom is -0.497 e. The van der Waals surface area contributed by atoms with E-state index in [1.54, 1.807) is 19.2 Å². The van der Waals surface area contributed by atoms with Crippen LogP contribution in [0, 0.1) is 0 Å². The number of carboxylic acid groups (broad SMARTS) is 1. The number of fused-ring (bicyclic) bond motifs is 1. The summed E-state index contributed by atoms with van der Waals surface area (Å²) in [6.45, 7) is 6.85. The van der Waals surface area contributed by atoms with Gasteiger partial charge >= 0.3 is 5.97 Å². The largest absolute Gasteiger partial charge is 0.497 e. The van der Waals surface area contributed by atoms with E-state index in [9.17, 15) is 9.90 Å². The Hall–Kier alpha value is -3.21. The Balaban J connectivity index is 1.73. The van der Waals surface area contributed by atoms with Crippen molar-refractivity contribution in [1.29, 1.82) is 0 Å². The highest BCUT2D eigenvalue weighted by Gasteiger charge is 2.20. The number of carbonyl (C=O) groups is 1. The second-order valence-electron chi connectivity index (χ2n) is 7.77. The number of methoxy groups -OCH3 is 1. The number of hydrogen-bond donors (Lipinski definition) is 1. The number of carboxylic acids is 1. The summed E-state index contributed by atoms with van der Waals surface area (Å²) < 4.78 is 17.0. The highest BCUT2D eigenvalue weighted by atomic mass is 16.5. The lowest BCUT2D eigenvalue weighted by Gasteiger charge is -2.23. The van der Waals surface area contributed by atoms with Crippen LogP contribution >= 0.6 is 0 Å². The first-order valence-electron chi connectivity index (χ1n) is 9.50. The predicted molar refractivity (Wildman–Crippen MR) is 114 cm³/mol. The fourth-order valence-corrected chi connectivity index (χ4v) is 3.24. The zero-order valence-corrected chi connectivity index (χ0v) is 17.2. The van der Waals surface area contributed by atoms with Crippen molar-refractivity contribution in [3.05, 3.63) is 65.7 Å². The topological polar surface area (TPSA) is 65.0 Å². The van der Waals surface area contributed by atoms with Crippen molar-refractivity contribution in [3.8, 4) is 17.2 Å². The predicted octanol–water partition coefficient (Wildman–Crippen LogP) is 5.30. The number of ether oxygens (including phenoxy) is 3. The van der Waals surface area contributed by atoms with Gasteiger partial charge in [0.1, 0.15) is 36.0 Å². The van der Waals surface area contributed by atoms with Gasteiger partial charge in [0.05, 0.1) is 7.11 Å². The van der Waals surface area contributed by atoms with Crippen LogP contribution < -0.4 is 14.2 Å². The SMILES string of the molecule is COc1ccc(OCCOc2ccc3ccccc3c2C(=O)O)c(C(C)(C)C)c1. The molecule has 0 aromatic heterocycles. The van der Waals surface area contributed by atoms with Crippen molar-refractivity contribution < 1.29 is 24.1 Å². The quantitative estimate of drug-likeness (QED) is 0.551. The van der Waals surface area contributed by atoms with E-state index in [1.165, 1.54) is 0 Å². The van der Waals surface area contributed by atoms with Crippen LogP contribution in [0.2, 0.25) is 0 Å². The van der Waals surface area contributed by atoms with Crippen LogP contribution in [0.3, 0.4) is 0 Å². The van der Waals surface area contributed by atoms with Gasteiger partial charge in [-0.1, -0.05) is 51.1 Å². The smallest absolute Gasteiger partial charge is 0.340 e. The first-order valence-corrected chi connectivity index (χ1v) is 9.50. The molecule has 3 aromatic rings. The van der Waals surface area contributed by atoms with Gasteiger partial charge in [-0.2, -0.15) is 0 Å². The first kappa shape index (κ1) is 20.5. The second kappa shape index (κ2) is 8.43. The summed E-state index contributed by atoms with van der Waals surface area (Å²) >= 11 is 0. The monoisotopic (exact) mass is 394 g/mol. The molecule has 0 bridgehead atoms. The molecule has 0 aliphatic rings. The van der Waals surface area contributed by atoms with Gasteiger partial charge in [-0.05, 0) is 40.5 Å². The molecule has 0 fully saturated rings. The van der Waals surface area contributed by atoms with Gasteiger partial charge in [0.15, 0.2) is 0 Å². The molecule has 5 heteroatoms. The zero-order chi connectivity index (χ0) is 21.0. The maximum Gasteiger partial charge on any atom is 0.340 e. The molecule has 0 saturated heterocycles. The van der Waals surface area contributed by atoms with Gasteiger partial charge in [-0.15, -0.1) is 0 Å². The van der Waals surface area contributed by atoms with Crippen molar-refractivity contribution in [2.75, 3.05) is 20.3 Å². The maximum absolute atomic E-state index is 11.8. The Bertz CT molecular complexity index is 1020. The Labute approximate surface area is 170 Å². The van der Waals surface area contributed by atoms with E-state index in [4.69, 9.17) is 14.2 Å². The van der Waals surface area contributed by atoms with E-state index in [1.807, 2.05) is 42.5 Å². The molecule has 3 aromatic carbocycles. The van der Waals surface area contributed by atoms with Crippen molar-refractivity contribution >= 4 is 16.7 Å². The molecule has 0 amide bonds. The standard InChI is InChI=1S/C24H26O5/c1-24(2,3)19-15-17(27-4)10-12-20(19)28-13-14-29-21-11-9-16-7-5-6-8-18(16)22(21)23(25)26/h5-12,15H,13-14H2,1-4H3,(H,25,26). The highest BCUT2D eigenvalue weighted by molar-refractivity contribution is 6.06. The van der Waals surface area contributed by atoms with Gasteiger partial charge in [-0.25, -0.2) is 4.79 Å². The van der Waals surface area contributed by atoms with Crippen LogP contribution in [0.4, 0.5) is 0 Å². The molecule has 0 aliphatic heterocycles. The number of benzene rings is 3. The summed E-state index contributed by atoms with van der Waals surface area (Å²) in [4.78, 5) is 11.8. The van der Waals surface area contributed by atoms with Crippen LogP contribution in [-0.2, 0) is 5.41 Å². The van der Waals surface area contributed by atoms with Crippen LogP contribution in [0.15, 0.2) is 54.6 Å². The lowest BCUT2D eigenvalue weighted by atomic mass is 9.86. The van der Waals surface area contributed by atoms with E-state index in [-0.39, 0.29) is 17.6 Å². The lowest BCUT2D eigenvalue weighted by molar-refractivity contribution is 0.0693. The molecule has 0 radical (unpaired) electrons. The summed E-state index contributed by atoms with van der Waals surface area (Å²) in [6.07, 6.45) is 0. The van der Waals surface area contributed by atoms with Crippen molar-refractivity contribution in [3.63, 3.8) is 0 Å². The van der Waals surface area contributed by atoms with Gasteiger partial charge in [-0.3, -0.25) is 0 Å². The number of aromatic carboxylic acids is 1. The van der Waals surface area contributed by atoms with Crippen LogP contribution in [0.5, 0.6) is 17.2 Å². The first-order chi connectivity index (χ1) is 13.8. The van der Waals surface area contributed by atoms with Crippen molar-refractivity contribution in [2.45, 2.75) is 26.2 Å². The van der Waals surface area contributed by atoms with E-state index in [0.717, 1.165) is 22.4 Å². The van der Waals surface area contributed by atoms with E-state index < -0.39 is 5.97 Å². The Morgan fingerprint density at radius 1 is 0.931 bits per heavy atom. The molecule has 0 saturated carbocycles. The molecule has 0 spiro atoms. The van der Waals surface area contributed by atoms with Crippen LogP contribution in [0.1, 0.15) is 36.7 Å². The summed E-state index contributed by atoms with van der Waals surface area (Å²) in [5, 5.41) is 11.2. The molecular weight excluding hydrogens is 368 g/mol. The lowest BCUT2D eigenvalue weighted by Crippen LogP contribution is -2.16. The number of hydrogen-bond acceptors (Lipinski definition) is 4. The second-order valence-corrected chi connectivity index (χ2v) is 7.77. The van der Waals surface area contributed by atoms with E-state index in [2.05, 4.69) is 20.8 Å². The maximum atomic E-state index is 11.8. The molecule has 0 unspecified atom stereocenters. The Morgan fingerprint density at radius 2 is 1.59 bits per heavy atom. The van der Waals surface area contributed by atoms with Gasteiger partial charge in [0.2, 0.25) is 0 Å². The summed E-state index contributed by atoms with van der Waals surface area (Å²) in [7, 11) is 1.64. The summed E-state index contributed by atoms with van der Waals surface area (Å²) in [5.41, 5.74) is 1.09. The summed E-state index contributed by atoms with van der Waals surface area (Å²) in [6, 6.07) is 16.6. The molecule has 29 heavy (non-hydrogen) atoms. The summed E-state index contributed by atoms with van der Waals surface area (Å²) in [5.74, 6) is 0.869. The normalized spacial score (nSPS) is 11.3. The molecular formula is C24H26O5. The molecule has 3 rings (SSSR count). The van der Waals surface area contributed by atoms with Gasteiger partial charge in [0.25, 0.3) is 0 Å². The fraction of sp³-hybridized carbons (Fsp3) is 0.292. The minimum atomic E-state index is -1.01. The van der Waals surface area contributed by atoms with Gasteiger partial charge in [0, 0.05) is 5.56 Å². The molecule has 152 valence electrons. The third-order valence-corrected chi connectivity index (χ3v) is 4.70. The molecule has 1 N–H and O–H groups in total. The third-order valence-electron chi connectivity index (χ3n) is 4.70. The van der Waals surface area contributed by atoms with E-state index >= 15 is 0 Å². The minimum absolute atomic E-state index is 0.112. The molecule has 0 aliphatic carbocycles. The average molecular weight is 394 g/mol. The van der Waals surface area contributed by atoms with Crippen molar-refractivity contribution in [1.82, 2.24) is 0 Å². The third kappa shape index (κ3) is 4.62. The number of rotatable bonds is 7. The van der Waals surface area contributed by atoms with E-state index in [0.29, 0.717) is 17.7 Å².